The molecule has 2 heterocycles. The molecule has 0 spiro atoms. The van der Waals surface area contributed by atoms with Crippen LogP contribution in [0.3, 0.4) is 0 Å². The zero-order valence-corrected chi connectivity index (χ0v) is 23.3. The number of hydrogen-bond donors (Lipinski definition) is 1. The number of para-hydroxylation sites is 2. The molecule has 0 fully saturated rings. The van der Waals surface area contributed by atoms with Crippen molar-refractivity contribution in [2.75, 3.05) is 5.32 Å². The van der Waals surface area contributed by atoms with Gasteiger partial charge in [-0.15, -0.1) is 5.10 Å². The minimum atomic E-state index is -4.30. The molecule has 42 heavy (non-hydrogen) atoms. The average Bonchev–Trinajstić information content (AvgIpc) is 3.39. The lowest BCUT2D eigenvalue weighted by Crippen LogP contribution is -2.21. The van der Waals surface area contributed by atoms with E-state index in [0.717, 1.165) is 0 Å². The quantitative estimate of drug-likeness (QED) is 0.0754. The predicted molar refractivity (Wildman–Crippen MR) is 154 cm³/mol. The summed E-state index contributed by atoms with van der Waals surface area (Å²) < 4.78 is 28.5. The van der Waals surface area contributed by atoms with Crippen LogP contribution in [0.4, 0.5) is 11.5 Å². The van der Waals surface area contributed by atoms with Crippen molar-refractivity contribution in [2.24, 2.45) is 0 Å². The highest BCUT2D eigenvalue weighted by Crippen LogP contribution is 2.60. The maximum Gasteiger partial charge on any atom is 0.457 e. The first-order valence-electron chi connectivity index (χ1n) is 12.4. The Balaban J connectivity index is 1.62. The second-order valence-electron chi connectivity index (χ2n) is 8.79. The molecule has 210 valence electrons. The van der Waals surface area contributed by atoms with E-state index in [1.54, 1.807) is 79.0 Å². The first-order valence-corrected chi connectivity index (χ1v) is 14.4. The largest absolute Gasteiger partial charge is 0.457 e. The van der Waals surface area contributed by atoms with Crippen LogP contribution >= 0.6 is 19.2 Å². The van der Waals surface area contributed by atoms with Gasteiger partial charge in [-0.1, -0.05) is 59.3 Å². The molecule has 14 heteroatoms. The Labute approximate surface area is 244 Å². The van der Waals surface area contributed by atoms with Crippen molar-refractivity contribution in [1.29, 1.82) is 5.26 Å². The lowest BCUT2D eigenvalue weighted by atomic mass is 10.2. The number of halogens is 1. The van der Waals surface area contributed by atoms with Crippen molar-refractivity contribution in [3.63, 3.8) is 0 Å². The Morgan fingerprint density at radius 3 is 2.12 bits per heavy atom. The number of aromatic nitrogens is 4. The van der Waals surface area contributed by atoms with Crippen molar-refractivity contribution in [3.8, 4) is 17.6 Å². The van der Waals surface area contributed by atoms with Crippen LogP contribution in [0, 0.1) is 21.4 Å². The summed E-state index contributed by atoms with van der Waals surface area (Å²) in [5.74, 6) is -0.662. The van der Waals surface area contributed by atoms with Crippen LogP contribution in [-0.2, 0) is 11.1 Å². The van der Waals surface area contributed by atoms with E-state index >= 15 is 0 Å². The highest BCUT2D eigenvalue weighted by atomic mass is 35.5. The molecule has 0 saturated carbocycles. The fourth-order valence-electron chi connectivity index (χ4n) is 3.95. The number of nitro benzene ring substituents is 1. The van der Waals surface area contributed by atoms with Gasteiger partial charge in [0.1, 0.15) is 22.7 Å². The Hall–Kier alpha value is -5.24. The molecule has 0 saturated heterocycles. The smallest absolute Gasteiger partial charge is 0.414 e. The lowest BCUT2D eigenvalue weighted by molar-refractivity contribution is -0.384. The molecule has 0 aliphatic heterocycles. The molecular formula is C28H21ClN7O5P. The number of nitrogens with zero attached hydrogens (tertiary/aromatic N) is 6. The third kappa shape index (κ3) is 6.55. The van der Waals surface area contributed by atoms with Crippen molar-refractivity contribution in [2.45, 2.75) is 12.3 Å². The van der Waals surface area contributed by atoms with Gasteiger partial charge in [-0.3, -0.25) is 10.1 Å². The average molecular weight is 602 g/mol. The van der Waals surface area contributed by atoms with Gasteiger partial charge in [-0.05, 0) is 53.6 Å². The number of nitro groups is 1. The fourth-order valence-corrected chi connectivity index (χ4v) is 5.96. The van der Waals surface area contributed by atoms with Crippen LogP contribution in [0.1, 0.15) is 22.6 Å². The minimum absolute atomic E-state index is 0.0881. The molecule has 0 amide bonds. The number of hydrogen-bond acceptors (Lipinski definition) is 10. The van der Waals surface area contributed by atoms with Crippen LogP contribution in [0.25, 0.3) is 0 Å². The Kier molecular flexibility index (Phi) is 8.43. The minimum Gasteiger partial charge on any atom is -0.414 e. The van der Waals surface area contributed by atoms with Gasteiger partial charge in [0, 0.05) is 18.3 Å². The molecule has 1 N–H and O–H groups in total. The SMILES string of the molecule is N#Cc1nnn(Cc2ccc(Cl)nc2)c1NC(c1ccc([N+](=O)[O-])cc1)P(=O)(Oc1ccccc1)Oc1ccccc1. The molecule has 1 unspecified atom stereocenters. The summed E-state index contributed by atoms with van der Waals surface area (Å²) in [6, 6.07) is 27.6. The topological polar surface area (TPSA) is 158 Å². The second-order valence-corrected chi connectivity index (χ2v) is 11.1. The van der Waals surface area contributed by atoms with E-state index < -0.39 is 18.3 Å². The number of nitriles is 1. The Morgan fingerprint density at radius 2 is 1.60 bits per heavy atom. The van der Waals surface area contributed by atoms with Crippen LogP contribution in [0.5, 0.6) is 11.5 Å². The third-order valence-corrected chi connectivity index (χ3v) is 8.14. The van der Waals surface area contributed by atoms with E-state index in [4.69, 9.17) is 20.6 Å². The molecule has 0 bridgehead atoms. The molecule has 2 aromatic heterocycles. The van der Waals surface area contributed by atoms with Crippen LogP contribution < -0.4 is 14.4 Å². The van der Waals surface area contributed by atoms with Crippen LogP contribution in [0.2, 0.25) is 5.15 Å². The molecule has 5 rings (SSSR count). The Morgan fingerprint density at radius 1 is 0.976 bits per heavy atom. The summed E-state index contributed by atoms with van der Waals surface area (Å²) in [7, 11) is -4.30. The summed E-state index contributed by atoms with van der Waals surface area (Å²) >= 11 is 5.92. The van der Waals surface area contributed by atoms with E-state index in [1.807, 2.05) is 6.07 Å². The van der Waals surface area contributed by atoms with Crippen LogP contribution in [0.15, 0.2) is 103 Å². The molecule has 5 aromatic rings. The standard InChI is InChI=1S/C28H21ClN7O5P/c29-26-16-11-20(18-31-26)19-35-27(25(17-30)33-34-35)32-28(21-12-14-22(15-13-21)36(37)38)42(39,40-23-7-3-1-4-8-23)41-24-9-5-2-6-10-24/h1-16,18,28,32H,19H2. The number of non-ortho nitro benzene ring substituents is 1. The van der Waals surface area contributed by atoms with E-state index in [0.29, 0.717) is 16.3 Å². The summed E-state index contributed by atoms with van der Waals surface area (Å²) in [5, 5.41) is 32.7. The van der Waals surface area contributed by atoms with Gasteiger partial charge in [0.25, 0.3) is 5.69 Å². The summed E-state index contributed by atoms with van der Waals surface area (Å²) in [6.07, 6.45) is 1.55. The molecule has 0 aliphatic rings. The van der Waals surface area contributed by atoms with Gasteiger partial charge in [0.15, 0.2) is 11.6 Å². The molecule has 12 nitrogen and oxygen atoms in total. The number of rotatable bonds is 11. The number of nitrogens with one attached hydrogen (secondary N) is 1. The summed E-state index contributed by atoms with van der Waals surface area (Å²) in [5.41, 5.74) is 0.767. The zero-order valence-electron chi connectivity index (χ0n) is 21.6. The van der Waals surface area contributed by atoms with E-state index in [1.165, 1.54) is 28.9 Å². The van der Waals surface area contributed by atoms with Gasteiger partial charge < -0.3 is 14.4 Å². The number of benzene rings is 3. The normalized spacial score (nSPS) is 11.7. The highest BCUT2D eigenvalue weighted by Gasteiger charge is 2.42. The van der Waals surface area contributed by atoms with E-state index in [-0.39, 0.29) is 35.2 Å². The Bertz CT molecular complexity index is 1720. The highest BCUT2D eigenvalue weighted by molar-refractivity contribution is 7.55. The maximum atomic E-state index is 14.9. The molecule has 0 radical (unpaired) electrons. The first kappa shape index (κ1) is 28.3. The van der Waals surface area contributed by atoms with E-state index in [9.17, 15) is 19.9 Å². The van der Waals surface area contributed by atoms with Gasteiger partial charge in [0.05, 0.1) is 11.5 Å². The van der Waals surface area contributed by atoms with Gasteiger partial charge >= 0.3 is 7.60 Å². The molecular weight excluding hydrogens is 581 g/mol. The fraction of sp³-hybridized carbons (Fsp3) is 0.0714. The first-order chi connectivity index (χ1) is 20.3. The lowest BCUT2D eigenvalue weighted by Gasteiger charge is -2.29. The summed E-state index contributed by atoms with van der Waals surface area (Å²) in [4.78, 5) is 14.9. The molecule has 3 aromatic carbocycles. The van der Waals surface area contributed by atoms with Crippen molar-refractivity contribution in [3.05, 3.63) is 135 Å². The van der Waals surface area contributed by atoms with Gasteiger partial charge in [0.2, 0.25) is 5.69 Å². The third-order valence-electron chi connectivity index (χ3n) is 5.92. The zero-order chi connectivity index (χ0) is 29.5. The van der Waals surface area contributed by atoms with E-state index in [2.05, 4.69) is 20.6 Å². The van der Waals surface area contributed by atoms with Crippen LogP contribution in [-0.4, -0.2) is 24.9 Å². The number of anilines is 1. The maximum absolute atomic E-state index is 14.9. The van der Waals surface area contributed by atoms with Gasteiger partial charge in [-0.25, -0.2) is 14.2 Å². The van der Waals surface area contributed by atoms with Crippen molar-refractivity contribution >= 4 is 30.7 Å². The van der Waals surface area contributed by atoms with Crippen molar-refractivity contribution in [1.82, 2.24) is 20.0 Å². The number of pyridine rings is 1. The molecule has 0 aliphatic carbocycles. The summed E-state index contributed by atoms with van der Waals surface area (Å²) in [6.45, 7) is 0.136. The molecule has 1 atom stereocenters. The van der Waals surface area contributed by atoms with Gasteiger partial charge in [-0.2, -0.15) is 5.26 Å². The monoisotopic (exact) mass is 601 g/mol. The predicted octanol–water partition coefficient (Wildman–Crippen LogP) is 6.62. The van der Waals surface area contributed by atoms with Crippen molar-refractivity contribution < 1.29 is 18.5 Å². The second kappa shape index (κ2) is 12.5.